The topological polar surface area (TPSA) is 67.5 Å². The summed E-state index contributed by atoms with van der Waals surface area (Å²) >= 11 is 1.52. The van der Waals surface area contributed by atoms with E-state index in [-0.39, 0.29) is 11.6 Å². The fourth-order valence-corrected chi connectivity index (χ4v) is 3.27. The van der Waals surface area contributed by atoms with Gasteiger partial charge in [-0.3, -0.25) is 9.79 Å². The minimum atomic E-state index is -0.465. The maximum atomic E-state index is 13.9. The van der Waals surface area contributed by atoms with Gasteiger partial charge in [0.05, 0.1) is 11.2 Å². The minimum absolute atomic E-state index is 0.180. The number of hydrogen-bond donors (Lipinski definition) is 2. The van der Waals surface area contributed by atoms with Crippen LogP contribution in [0.2, 0.25) is 0 Å². The fourth-order valence-electron chi connectivity index (χ4n) is 2.29. The minimum Gasteiger partial charge on any atom is -0.379 e. The predicted octanol–water partition coefficient (Wildman–Crippen LogP) is 3.23. The summed E-state index contributed by atoms with van der Waals surface area (Å²) in [5.74, 6) is 0.260. The van der Waals surface area contributed by atoms with Gasteiger partial charge in [0.2, 0.25) is 5.91 Å². The summed E-state index contributed by atoms with van der Waals surface area (Å²) in [5.41, 5.74) is 6.41. The van der Waals surface area contributed by atoms with Crippen molar-refractivity contribution in [3.63, 3.8) is 0 Å². The van der Waals surface area contributed by atoms with Crippen LogP contribution in [-0.4, -0.2) is 16.8 Å². The molecule has 3 N–H and O–H groups in total. The highest BCUT2D eigenvalue weighted by atomic mass is 32.2. The van der Waals surface area contributed by atoms with Gasteiger partial charge in [0, 0.05) is 12.2 Å². The van der Waals surface area contributed by atoms with E-state index in [0.717, 1.165) is 24.2 Å². The van der Waals surface area contributed by atoms with Gasteiger partial charge in [-0.25, -0.2) is 4.39 Å². The van der Waals surface area contributed by atoms with Crippen molar-refractivity contribution in [2.45, 2.75) is 38.6 Å². The van der Waals surface area contributed by atoms with E-state index < -0.39 is 11.4 Å². The molecule has 1 amide bonds. The maximum absolute atomic E-state index is 13.9. The Hall–Kier alpha value is -1.56. The Labute approximate surface area is 128 Å². The number of rotatable bonds is 4. The zero-order valence-corrected chi connectivity index (χ0v) is 13.1. The van der Waals surface area contributed by atoms with E-state index in [1.807, 2.05) is 13.8 Å². The van der Waals surface area contributed by atoms with E-state index >= 15 is 0 Å². The first kappa shape index (κ1) is 15.8. The molecule has 0 bridgehead atoms. The molecule has 1 aromatic carbocycles. The van der Waals surface area contributed by atoms with Crippen LogP contribution in [0.4, 0.5) is 10.1 Å². The standard InChI is InChI=1S/C15H20FN3OS/c1-3-4-13(20)18-12-9-10(5-6-11(12)16)15(2)7-8-21-14(17)19-15/h5-6,9H,3-4,7-8H2,1-2H3,(H2,17,19)(H,18,20). The summed E-state index contributed by atoms with van der Waals surface area (Å²) in [6, 6.07) is 4.74. The fraction of sp³-hybridized carbons (Fsp3) is 0.467. The molecular formula is C15H20FN3OS. The third-order valence-electron chi connectivity index (χ3n) is 3.54. The monoisotopic (exact) mass is 309 g/mol. The Morgan fingerprint density at radius 1 is 1.57 bits per heavy atom. The van der Waals surface area contributed by atoms with Crippen LogP contribution in [0.15, 0.2) is 23.2 Å². The molecular weight excluding hydrogens is 289 g/mol. The number of amides is 1. The van der Waals surface area contributed by atoms with Crippen molar-refractivity contribution in [2.24, 2.45) is 10.7 Å². The number of thioether (sulfide) groups is 1. The summed E-state index contributed by atoms with van der Waals surface area (Å²) in [4.78, 5) is 16.1. The molecule has 0 saturated heterocycles. The molecule has 0 fully saturated rings. The van der Waals surface area contributed by atoms with E-state index in [1.165, 1.54) is 17.8 Å². The number of hydrogen-bond acceptors (Lipinski definition) is 4. The van der Waals surface area contributed by atoms with Gasteiger partial charge in [-0.1, -0.05) is 24.8 Å². The van der Waals surface area contributed by atoms with Gasteiger partial charge >= 0.3 is 0 Å². The second-order valence-electron chi connectivity index (χ2n) is 5.32. The number of halogens is 1. The molecule has 0 aliphatic carbocycles. The Morgan fingerprint density at radius 3 is 3.00 bits per heavy atom. The van der Waals surface area contributed by atoms with Gasteiger partial charge in [0.15, 0.2) is 5.17 Å². The molecule has 0 radical (unpaired) electrons. The second-order valence-corrected chi connectivity index (χ2v) is 6.43. The summed E-state index contributed by atoms with van der Waals surface area (Å²) in [6.45, 7) is 3.88. The largest absolute Gasteiger partial charge is 0.379 e. The third kappa shape index (κ3) is 3.75. The predicted molar refractivity (Wildman–Crippen MR) is 86.0 cm³/mol. The van der Waals surface area contributed by atoms with Crippen LogP contribution in [0.1, 0.15) is 38.7 Å². The zero-order chi connectivity index (χ0) is 15.5. The van der Waals surface area contributed by atoms with Crippen molar-refractivity contribution in [3.8, 4) is 0 Å². The number of nitrogens with two attached hydrogens (primary N) is 1. The quantitative estimate of drug-likeness (QED) is 0.897. The summed E-state index contributed by atoms with van der Waals surface area (Å²) in [5, 5.41) is 3.17. The average Bonchev–Trinajstić information content (AvgIpc) is 2.41. The van der Waals surface area contributed by atoms with Gasteiger partial charge in [-0.05, 0) is 37.5 Å². The highest BCUT2D eigenvalue weighted by Gasteiger charge is 2.30. The number of anilines is 1. The highest BCUT2D eigenvalue weighted by Crippen LogP contribution is 2.36. The first-order valence-electron chi connectivity index (χ1n) is 7.02. The average molecular weight is 309 g/mol. The Balaban J connectivity index is 2.30. The van der Waals surface area contributed by atoms with Crippen LogP contribution < -0.4 is 11.1 Å². The smallest absolute Gasteiger partial charge is 0.224 e. The number of nitrogens with zero attached hydrogens (tertiary/aromatic N) is 1. The number of benzene rings is 1. The lowest BCUT2D eigenvalue weighted by Gasteiger charge is -2.30. The normalized spacial score (nSPS) is 21.8. The first-order chi connectivity index (χ1) is 9.94. The van der Waals surface area contributed by atoms with Crippen molar-refractivity contribution in [1.82, 2.24) is 0 Å². The molecule has 1 unspecified atom stereocenters. The number of nitrogens with one attached hydrogen (secondary N) is 1. The van der Waals surface area contributed by atoms with Crippen LogP contribution in [0, 0.1) is 5.82 Å². The molecule has 0 saturated carbocycles. The molecule has 21 heavy (non-hydrogen) atoms. The van der Waals surface area contributed by atoms with E-state index in [0.29, 0.717) is 11.6 Å². The SMILES string of the molecule is CCCC(=O)Nc1cc(C2(C)CCSC(N)=N2)ccc1F. The molecule has 1 atom stereocenters. The number of aliphatic imine (C=N–C) groups is 1. The lowest BCUT2D eigenvalue weighted by atomic mass is 9.89. The van der Waals surface area contributed by atoms with E-state index in [2.05, 4.69) is 10.3 Å². The van der Waals surface area contributed by atoms with Gasteiger partial charge < -0.3 is 11.1 Å². The van der Waals surface area contributed by atoms with Gasteiger partial charge in [0.1, 0.15) is 5.82 Å². The van der Waals surface area contributed by atoms with Crippen LogP contribution in [-0.2, 0) is 10.3 Å². The maximum Gasteiger partial charge on any atom is 0.224 e. The third-order valence-corrected chi connectivity index (χ3v) is 4.33. The molecule has 6 heteroatoms. The molecule has 1 aliphatic rings. The molecule has 1 aliphatic heterocycles. The lowest BCUT2D eigenvalue weighted by molar-refractivity contribution is -0.116. The Bertz CT molecular complexity index is 576. The van der Waals surface area contributed by atoms with E-state index in [4.69, 9.17) is 5.73 Å². The van der Waals surface area contributed by atoms with Crippen molar-refractivity contribution in [1.29, 1.82) is 0 Å². The molecule has 0 spiro atoms. The zero-order valence-electron chi connectivity index (χ0n) is 12.3. The van der Waals surface area contributed by atoms with Gasteiger partial charge in [0.25, 0.3) is 0 Å². The van der Waals surface area contributed by atoms with E-state index in [1.54, 1.807) is 12.1 Å². The highest BCUT2D eigenvalue weighted by molar-refractivity contribution is 8.13. The molecule has 2 rings (SSSR count). The van der Waals surface area contributed by atoms with Crippen molar-refractivity contribution in [3.05, 3.63) is 29.6 Å². The summed E-state index contributed by atoms with van der Waals surface area (Å²) < 4.78 is 13.9. The molecule has 0 aromatic heterocycles. The molecule has 1 heterocycles. The van der Waals surface area contributed by atoms with Crippen molar-refractivity contribution >= 4 is 28.5 Å². The second kappa shape index (κ2) is 6.47. The lowest BCUT2D eigenvalue weighted by Crippen LogP contribution is -2.29. The number of amidine groups is 1. The number of carbonyl (C=O) groups excluding carboxylic acids is 1. The molecule has 1 aromatic rings. The van der Waals surface area contributed by atoms with Crippen LogP contribution in [0.3, 0.4) is 0 Å². The van der Waals surface area contributed by atoms with Gasteiger partial charge in [-0.2, -0.15) is 0 Å². The Morgan fingerprint density at radius 2 is 2.33 bits per heavy atom. The Kier molecular flexibility index (Phi) is 4.88. The first-order valence-corrected chi connectivity index (χ1v) is 8.01. The van der Waals surface area contributed by atoms with Crippen LogP contribution in [0.25, 0.3) is 0 Å². The van der Waals surface area contributed by atoms with Crippen LogP contribution in [0.5, 0.6) is 0 Å². The van der Waals surface area contributed by atoms with E-state index in [9.17, 15) is 9.18 Å². The summed E-state index contributed by atoms with van der Waals surface area (Å²) in [7, 11) is 0. The van der Waals surface area contributed by atoms with Crippen molar-refractivity contribution in [2.75, 3.05) is 11.1 Å². The van der Waals surface area contributed by atoms with Crippen LogP contribution >= 0.6 is 11.8 Å². The molecule has 4 nitrogen and oxygen atoms in total. The summed E-state index contributed by atoms with van der Waals surface area (Å²) in [6.07, 6.45) is 1.93. The number of carbonyl (C=O) groups is 1. The molecule has 114 valence electrons. The van der Waals surface area contributed by atoms with Crippen molar-refractivity contribution < 1.29 is 9.18 Å². The van der Waals surface area contributed by atoms with Gasteiger partial charge in [-0.15, -0.1) is 0 Å².